The van der Waals surface area contributed by atoms with Crippen molar-refractivity contribution in [3.63, 3.8) is 0 Å². The summed E-state index contributed by atoms with van der Waals surface area (Å²) >= 11 is 0. The molecule has 2 aromatic carbocycles. The molecule has 0 saturated carbocycles. The summed E-state index contributed by atoms with van der Waals surface area (Å²) < 4.78 is 4.57. The lowest BCUT2D eigenvalue weighted by atomic mass is 10.1. The smallest absolute Gasteiger partial charge is 0.331 e. The van der Waals surface area contributed by atoms with Gasteiger partial charge in [0, 0.05) is 22.4 Å². The van der Waals surface area contributed by atoms with Crippen molar-refractivity contribution < 1.29 is 19.4 Å². The number of esters is 1. The SMILES string of the molecule is COC(=O)[C@H](NC(=O)c1ccc(C#CC#Cc2ccc(N)cc2)cc1)[C@H](C)O. The number of methoxy groups -OCH3 is 1. The zero-order chi connectivity index (χ0) is 20.5. The summed E-state index contributed by atoms with van der Waals surface area (Å²) in [7, 11) is 1.19. The first-order valence-electron chi connectivity index (χ1n) is 8.45. The van der Waals surface area contributed by atoms with Crippen molar-refractivity contribution >= 4 is 17.6 Å². The van der Waals surface area contributed by atoms with Gasteiger partial charge in [-0.05, 0) is 67.3 Å². The van der Waals surface area contributed by atoms with Crippen LogP contribution in [0, 0.1) is 23.7 Å². The molecule has 0 heterocycles. The molecule has 0 aromatic heterocycles. The maximum atomic E-state index is 12.2. The van der Waals surface area contributed by atoms with Gasteiger partial charge in [0.25, 0.3) is 5.91 Å². The molecule has 2 aromatic rings. The fraction of sp³-hybridized carbons (Fsp3) is 0.182. The van der Waals surface area contributed by atoms with Crippen molar-refractivity contribution in [3.05, 3.63) is 65.2 Å². The molecule has 0 radical (unpaired) electrons. The third-order valence-corrected chi connectivity index (χ3v) is 3.76. The largest absolute Gasteiger partial charge is 0.467 e. The summed E-state index contributed by atoms with van der Waals surface area (Å²) in [6.45, 7) is 1.39. The van der Waals surface area contributed by atoms with Gasteiger partial charge in [-0.25, -0.2) is 4.79 Å². The first-order chi connectivity index (χ1) is 13.4. The van der Waals surface area contributed by atoms with Crippen LogP contribution in [-0.4, -0.2) is 36.2 Å². The first kappa shape index (κ1) is 20.6. The van der Waals surface area contributed by atoms with E-state index in [4.69, 9.17) is 5.73 Å². The number of amides is 1. The van der Waals surface area contributed by atoms with Crippen LogP contribution in [0.2, 0.25) is 0 Å². The molecule has 0 aliphatic rings. The number of aliphatic hydroxyl groups excluding tert-OH is 1. The maximum Gasteiger partial charge on any atom is 0.331 e. The second kappa shape index (κ2) is 9.82. The Kier molecular flexibility index (Phi) is 7.21. The van der Waals surface area contributed by atoms with E-state index in [-0.39, 0.29) is 0 Å². The number of ether oxygens (including phenoxy) is 1. The highest BCUT2D eigenvalue weighted by atomic mass is 16.5. The number of nitrogens with one attached hydrogen (secondary N) is 1. The molecule has 0 unspecified atom stereocenters. The van der Waals surface area contributed by atoms with Crippen LogP contribution in [0.4, 0.5) is 5.69 Å². The van der Waals surface area contributed by atoms with E-state index in [9.17, 15) is 14.7 Å². The highest BCUT2D eigenvalue weighted by Gasteiger charge is 2.26. The maximum absolute atomic E-state index is 12.2. The number of hydrogen-bond acceptors (Lipinski definition) is 5. The zero-order valence-electron chi connectivity index (χ0n) is 15.5. The quantitative estimate of drug-likeness (QED) is 0.424. The molecule has 0 fully saturated rings. The molecule has 0 aliphatic carbocycles. The average Bonchev–Trinajstić information content (AvgIpc) is 2.70. The van der Waals surface area contributed by atoms with Gasteiger partial charge in [-0.15, -0.1) is 0 Å². The number of nitrogen functional groups attached to an aromatic ring is 1. The number of carbonyl (C=O) groups excluding carboxylic acids is 2. The van der Waals surface area contributed by atoms with Crippen LogP contribution in [0.5, 0.6) is 0 Å². The lowest BCUT2D eigenvalue weighted by molar-refractivity contribution is -0.145. The minimum Gasteiger partial charge on any atom is -0.467 e. The predicted molar refractivity (Wildman–Crippen MR) is 106 cm³/mol. The van der Waals surface area contributed by atoms with Crippen LogP contribution in [-0.2, 0) is 9.53 Å². The minimum absolute atomic E-state index is 0.327. The molecule has 6 heteroatoms. The highest BCUT2D eigenvalue weighted by molar-refractivity contribution is 5.97. The first-order valence-corrected chi connectivity index (χ1v) is 8.45. The third kappa shape index (κ3) is 5.91. The van der Waals surface area contributed by atoms with Crippen molar-refractivity contribution in [2.45, 2.75) is 19.1 Å². The van der Waals surface area contributed by atoms with E-state index < -0.39 is 24.0 Å². The summed E-state index contributed by atoms with van der Waals surface area (Å²) in [6, 6.07) is 12.5. The molecule has 6 nitrogen and oxygen atoms in total. The van der Waals surface area contributed by atoms with Gasteiger partial charge in [-0.1, -0.05) is 11.8 Å². The Morgan fingerprint density at radius 1 is 1.00 bits per heavy atom. The van der Waals surface area contributed by atoms with Crippen LogP contribution >= 0.6 is 0 Å². The predicted octanol–water partition coefficient (Wildman–Crippen LogP) is 1.32. The molecule has 0 aliphatic heterocycles. The topological polar surface area (TPSA) is 102 Å². The van der Waals surface area contributed by atoms with E-state index in [0.29, 0.717) is 16.8 Å². The number of carbonyl (C=O) groups is 2. The van der Waals surface area contributed by atoms with Gasteiger partial charge in [-0.3, -0.25) is 4.79 Å². The molecule has 142 valence electrons. The Balaban J connectivity index is 2.03. The van der Waals surface area contributed by atoms with E-state index in [1.807, 2.05) is 12.1 Å². The summed E-state index contributed by atoms with van der Waals surface area (Å²) in [4.78, 5) is 23.8. The van der Waals surface area contributed by atoms with Crippen molar-refractivity contribution in [3.8, 4) is 23.7 Å². The molecule has 0 spiro atoms. The second-order valence-electron chi connectivity index (χ2n) is 5.91. The Morgan fingerprint density at radius 2 is 1.50 bits per heavy atom. The van der Waals surface area contributed by atoms with Crippen LogP contribution in [0.15, 0.2) is 48.5 Å². The van der Waals surface area contributed by atoms with Crippen molar-refractivity contribution in [2.24, 2.45) is 0 Å². The minimum atomic E-state index is -1.14. The number of benzene rings is 2. The van der Waals surface area contributed by atoms with Gasteiger partial charge in [0.1, 0.15) is 0 Å². The Hall–Kier alpha value is -3.74. The Morgan fingerprint density at radius 3 is 1.96 bits per heavy atom. The van der Waals surface area contributed by atoms with Crippen LogP contribution in [0.25, 0.3) is 0 Å². The fourth-order valence-electron chi connectivity index (χ4n) is 2.21. The van der Waals surface area contributed by atoms with Gasteiger partial charge in [-0.2, -0.15) is 0 Å². The standard InChI is InChI=1S/C22H20N2O4/c1-15(25)20(22(27)28-2)24-21(26)18-11-7-16(8-12-18)5-3-4-6-17-9-13-19(23)14-10-17/h7-15,20,25H,23H2,1-2H3,(H,24,26)/t15-,20+/m0/s1. The van der Waals surface area contributed by atoms with Crippen molar-refractivity contribution in [2.75, 3.05) is 12.8 Å². The molecule has 2 atom stereocenters. The van der Waals surface area contributed by atoms with E-state index >= 15 is 0 Å². The van der Waals surface area contributed by atoms with Crippen molar-refractivity contribution in [1.29, 1.82) is 0 Å². The van der Waals surface area contributed by atoms with Crippen molar-refractivity contribution in [1.82, 2.24) is 5.32 Å². The van der Waals surface area contributed by atoms with E-state index in [0.717, 1.165) is 5.56 Å². The van der Waals surface area contributed by atoms with Crippen LogP contribution in [0.1, 0.15) is 28.4 Å². The third-order valence-electron chi connectivity index (χ3n) is 3.76. The normalized spacial score (nSPS) is 11.7. The lowest BCUT2D eigenvalue weighted by Crippen LogP contribution is -2.48. The second-order valence-corrected chi connectivity index (χ2v) is 5.91. The summed E-state index contributed by atoms with van der Waals surface area (Å²) in [5.41, 5.74) is 8.11. The van der Waals surface area contributed by atoms with Gasteiger partial charge >= 0.3 is 5.97 Å². The average molecular weight is 376 g/mol. The number of anilines is 1. The van der Waals surface area contributed by atoms with Gasteiger partial charge in [0.2, 0.25) is 0 Å². The molecule has 4 N–H and O–H groups in total. The zero-order valence-corrected chi connectivity index (χ0v) is 15.5. The Labute approximate surface area is 163 Å². The molecular weight excluding hydrogens is 356 g/mol. The fourth-order valence-corrected chi connectivity index (χ4v) is 2.21. The molecular formula is C22H20N2O4. The number of hydrogen-bond donors (Lipinski definition) is 3. The molecule has 28 heavy (non-hydrogen) atoms. The van der Waals surface area contributed by atoms with Crippen LogP contribution < -0.4 is 11.1 Å². The number of nitrogens with two attached hydrogens (primary N) is 1. The molecule has 0 bridgehead atoms. The van der Waals surface area contributed by atoms with E-state index in [2.05, 4.69) is 33.7 Å². The number of aliphatic hydroxyl groups is 1. The summed E-state index contributed by atoms with van der Waals surface area (Å²) in [5.74, 6) is 10.1. The summed E-state index contributed by atoms with van der Waals surface area (Å²) in [5, 5.41) is 12.1. The van der Waals surface area contributed by atoms with Gasteiger partial charge in [0.05, 0.1) is 13.2 Å². The summed E-state index contributed by atoms with van der Waals surface area (Å²) in [6.07, 6.45) is -1.08. The molecule has 2 rings (SSSR count). The van der Waals surface area contributed by atoms with Gasteiger partial charge < -0.3 is 20.9 Å². The number of rotatable bonds is 4. The highest BCUT2D eigenvalue weighted by Crippen LogP contribution is 2.06. The van der Waals surface area contributed by atoms with Gasteiger partial charge in [0.15, 0.2) is 6.04 Å². The monoisotopic (exact) mass is 376 g/mol. The molecule has 0 saturated heterocycles. The lowest BCUT2D eigenvalue weighted by Gasteiger charge is -2.18. The van der Waals surface area contributed by atoms with E-state index in [1.54, 1.807) is 36.4 Å². The Bertz CT molecular complexity index is 956. The molecule has 1 amide bonds. The van der Waals surface area contributed by atoms with Crippen LogP contribution in [0.3, 0.4) is 0 Å². The van der Waals surface area contributed by atoms with E-state index in [1.165, 1.54) is 14.0 Å².